The summed E-state index contributed by atoms with van der Waals surface area (Å²) in [6, 6.07) is 0. The van der Waals surface area contributed by atoms with Gasteiger partial charge in [-0.15, -0.1) is 0 Å². The molecule has 0 aromatic heterocycles. The minimum atomic E-state index is -0.192. The second-order valence-corrected chi connectivity index (χ2v) is 11.2. The lowest BCUT2D eigenvalue weighted by atomic mass is 9.47. The van der Waals surface area contributed by atoms with Gasteiger partial charge in [0.05, 0.1) is 6.10 Å². The third-order valence-corrected chi connectivity index (χ3v) is 8.39. The number of allylic oxidation sites excluding steroid dienone is 2. The van der Waals surface area contributed by atoms with E-state index in [4.69, 9.17) is 0 Å². The lowest BCUT2D eigenvalue weighted by Gasteiger charge is -2.57. The van der Waals surface area contributed by atoms with Gasteiger partial charge in [0.1, 0.15) is 0 Å². The maximum Gasteiger partial charge on any atom is 0.247 e. The molecule has 4 rings (SSSR count). The Bertz CT molecular complexity index is 700. The van der Waals surface area contributed by atoms with E-state index in [2.05, 4.69) is 52.1 Å². The number of aliphatic hydroxyl groups excluding tert-OH is 1. The molecule has 2 N–H and O–H groups in total. The van der Waals surface area contributed by atoms with Crippen LogP contribution in [0.15, 0.2) is 23.3 Å². The van der Waals surface area contributed by atoms with Gasteiger partial charge in [-0.1, -0.05) is 31.6 Å². The maximum absolute atomic E-state index is 13.0. The molecular weight excluding hydrogens is 334 g/mol. The fourth-order valence-corrected chi connectivity index (χ4v) is 6.97. The smallest absolute Gasteiger partial charge is 0.247 e. The predicted molar refractivity (Wildman–Crippen MR) is 109 cm³/mol. The zero-order chi connectivity index (χ0) is 19.6. The van der Waals surface area contributed by atoms with E-state index in [-0.39, 0.29) is 28.4 Å². The second kappa shape index (κ2) is 6.20. The van der Waals surface area contributed by atoms with Gasteiger partial charge in [0.15, 0.2) is 0 Å². The molecule has 4 aliphatic rings. The van der Waals surface area contributed by atoms with Crippen molar-refractivity contribution in [2.75, 3.05) is 0 Å². The van der Waals surface area contributed by atoms with Crippen LogP contribution in [0, 0.1) is 28.6 Å². The van der Waals surface area contributed by atoms with Gasteiger partial charge in [-0.3, -0.25) is 4.79 Å². The Balaban J connectivity index is 1.59. The van der Waals surface area contributed by atoms with Gasteiger partial charge in [0.2, 0.25) is 5.91 Å². The average Bonchev–Trinajstić information content (AvgIpc) is 2.91. The summed E-state index contributed by atoms with van der Waals surface area (Å²) in [5, 5.41) is 13.3. The monoisotopic (exact) mass is 371 g/mol. The highest BCUT2D eigenvalue weighted by Crippen LogP contribution is 2.64. The molecule has 3 nitrogen and oxygen atoms in total. The van der Waals surface area contributed by atoms with Gasteiger partial charge in [-0.2, -0.15) is 0 Å². The highest BCUT2D eigenvalue weighted by Gasteiger charge is 2.57. The van der Waals surface area contributed by atoms with Crippen molar-refractivity contribution in [3.8, 4) is 0 Å². The summed E-state index contributed by atoms with van der Waals surface area (Å²) >= 11 is 0. The minimum absolute atomic E-state index is 0.0202. The van der Waals surface area contributed by atoms with Crippen molar-refractivity contribution in [3.05, 3.63) is 23.3 Å². The van der Waals surface area contributed by atoms with Gasteiger partial charge in [-0.25, -0.2) is 0 Å². The number of carbonyl (C=O) groups is 1. The number of hydrogen-bond donors (Lipinski definition) is 2. The number of rotatable bonds is 1. The first-order valence-electron chi connectivity index (χ1n) is 11.0. The topological polar surface area (TPSA) is 49.3 Å². The van der Waals surface area contributed by atoms with Crippen molar-refractivity contribution < 1.29 is 9.90 Å². The summed E-state index contributed by atoms with van der Waals surface area (Å²) in [7, 11) is 0. The maximum atomic E-state index is 13.0. The van der Waals surface area contributed by atoms with Crippen LogP contribution in [-0.2, 0) is 4.79 Å². The molecule has 0 spiro atoms. The molecule has 0 bridgehead atoms. The number of hydrogen-bond acceptors (Lipinski definition) is 2. The lowest BCUT2D eigenvalue weighted by Crippen LogP contribution is -2.51. The van der Waals surface area contributed by atoms with Crippen LogP contribution in [0.3, 0.4) is 0 Å². The molecule has 27 heavy (non-hydrogen) atoms. The Labute approximate surface area is 164 Å². The van der Waals surface area contributed by atoms with Gasteiger partial charge in [-0.05, 0) is 88.9 Å². The molecule has 2 saturated carbocycles. The zero-order valence-corrected chi connectivity index (χ0v) is 17.8. The third kappa shape index (κ3) is 3.01. The summed E-state index contributed by atoms with van der Waals surface area (Å²) < 4.78 is 0. The number of fused-ring (bicyclic) bond motifs is 5. The molecule has 0 aromatic rings. The number of aliphatic hydroxyl groups is 1. The molecule has 0 aliphatic heterocycles. The Kier molecular flexibility index (Phi) is 4.42. The molecular formula is C24H37NO2. The van der Waals surface area contributed by atoms with Gasteiger partial charge in [0.25, 0.3) is 0 Å². The van der Waals surface area contributed by atoms with Gasteiger partial charge < -0.3 is 10.4 Å². The van der Waals surface area contributed by atoms with Crippen LogP contribution in [0.1, 0.15) is 79.6 Å². The quantitative estimate of drug-likeness (QED) is 0.653. The van der Waals surface area contributed by atoms with E-state index >= 15 is 0 Å². The van der Waals surface area contributed by atoms with Gasteiger partial charge in [0, 0.05) is 16.5 Å². The first kappa shape index (κ1) is 19.2. The second-order valence-electron chi connectivity index (χ2n) is 11.2. The Morgan fingerprint density at radius 3 is 2.48 bits per heavy atom. The number of amides is 1. The molecule has 1 amide bonds. The van der Waals surface area contributed by atoms with E-state index in [1.165, 1.54) is 12.0 Å². The van der Waals surface area contributed by atoms with Crippen LogP contribution in [0.5, 0.6) is 0 Å². The van der Waals surface area contributed by atoms with Gasteiger partial charge >= 0.3 is 0 Å². The van der Waals surface area contributed by atoms with E-state index in [1.807, 2.05) is 0 Å². The molecule has 4 aliphatic carbocycles. The summed E-state index contributed by atoms with van der Waals surface area (Å²) in [5.74, 6) is 2.11. The number of nitrogens with one attached hydrogen (secondary N) is 1. The van der Waals surface area contributed by atoms with Crippen LogP contribution in [0.2, 0.25) is 0 Å². The first-order chi connectivity index (χ1) is 12.5. The van der Waals surface area contributed by atoms with Crippen LogP contribution in [-0.4, -0.2) is 22.7 Å². The normalized spacial score (nSPS) is 43.8. The lowest BCUT2D eigenvalue weighted by molar-refractivity contribution is -0.121. The first-order valence-corrected chi connectivity index (χ1v) is 11.0. The van der Waals surface area contributed by atoms with Crippen molar-refractivity contribution >= 4 is 5.91 Å². The molecule has 0 radical (unpaired) electrons. The summed E-state index contributed by atoms with van der Waals surface area (Å²) in [5.41, 5.74) is 2.65. The standard InChI is InChI=1S/C24H37NO2/c1-22(2,3)25-21(27)20-9-8-18-17-7-6-15-14-16(26)10-12-23(15,4)19(17)11-13-24(18,20)5/h6,9,16-19,26H,7-8,10-14H2,1-5H3,(H,25,27)/t16-,17-,18-,19-,23-,24+/m0/s1. The SMILES string of the molecule is CC(C)(C)NC(=O)C1=CC[C@H]2[C@@H]3CC=C4C[C@@H](O)CC[C@]4(C)[C@H]3CC[C@@]12C. The van der Waals surface area contributed by atoms with Crippen molar-refractivity contribution in [2.45, 2.75) is 91.2 Å². The number of carbonyl (C=O) groups excluding carboxylic acids is 1. The van der Waals surface area contributed by atoms with E-state index in [1.54, 1.807) is 0 Å². The molecule has 0 heterocycles. The molecule has 0 aromatic carbocycles. The highest BCUT2D eigenvalue weighted by molar-refractivity contribution is 5.95. The largest absolute Gasteiger partial charge is 0.393 e. The summed E-state index contributed by atoms with van der Waals surface area (Å²) in [6.45, 7) is 11.0. The average molecular weight is 372 g/mol. The van der Waals surface area contributed by atoms with Crippen LogP contribution >= 0.6 is 0 Å². The highest BCUT2D eigenvalue weighted by atomic mass is 16.3. The van der Waals surface area contributed by atoms with Crippen LogP contribution in [0.25, 0.3) is 0 Å². The summed E-state index contributed by atoms with van der Waals surface area (Å²) in [4.78, 5) is 13.0. The fraction of sp³-hybridized carbons (Fsp3) is 0.792. The van der Waals surface area contributed by atoms with E-state index in [9.17, 15) is 9.90 Å². The van der Waals surface area contributed by atoms with E-state index in [0.29, 0.717) is 17.8 Å². The third-order valence-electron chi connectivity index (χ3n) is 8.39. The van der Waals surface area contributed by atoms with Crippen LogP contribution < -0.4 is 5.32 Å². The molecule has 150 valence electrons. The fourth-order valence-electron chi connectivity index (χ4n) is 6.97. The molecule has 2 fully saturated rings. The van der Waals surface area contributed by atoms with E-state index < -0.39 is 0 Å². The molecule has 6 atom stereocenters. The zero-order valence-electron chi connectivity index (χ0n) is 17.8. The van der Waals surface area contributed by atoms with Crippen molar-refractivity contribution in [1.82, 2.24) is 5.32 Å². The van der Waals surface area contributed by atoms with E-state index in [0.717, 1.165) is 44.1 Å². The Morgan fingerprint density at radius 2 is 1.78 bits per heavy atom. The van der Waals surface area contributed by atoms with Crippen molar-refractivity contribution in [3.63, 3.8) is 0 Å². The minimum Gasteiger partial charge on any atom is -0.393 e. The Hall–Kier alpha value is -1.09. The van der Waals surface area contributed by atoms with Crippen molar-refractivity contribution in [2.24, 2.45) is 28.6 Å². The van der Waals surface area contributed by atoms with Crippen LogP contribution in [0.4, 0.5) is 0 Å². The Morgan fingerprint density at radius 1 is 1.07 bits per heavy atom. The summed E-state index contributed by atoms with van der Waals surface area (Å²) in [6.07, 6.45) is 12.0. The molecule has 3 heteroatoms. The molecule has 0 unspecified atom stereocenters. The van der Waals surface area contributed by atoms with Crippen molar-refractivity contribution in [1.29, 1.82) is 0 Å². The molecule has 0 saturated heterocycles. The predicted octanol–water partition coefficient (Wildman–Crippen LogP) is 4.76.